The maximum atomic E-state index is 12.6. The molecule has 0 radical (unpaired) electrons. The van der Waals surface area contributed by atoms with Gasteiger partial charge in [0.15, 0.2) is 0 Å². The Labute approximate surface area is 113 Å². The molecule has 2 rings (SSSR count). The maximum absolute atomic E-state index is 12.6. The molecule has 1 unspecified atom stereocenters. The number of rotatable bonds is 3. The summed E-state index contributed by atoms with van der Waals surface area (Å²) < 4.78 is 37.9. The van der Waals surface area contributed by atoms with Crippen LogP contribution in [0.4, 0.5) is 24.5 Å². The van der Waals surface area contributed by atoms with Gasteiger partial charge in [0.05, 0.1) is 10.5 Å². The molecule has 1 fully saturated rings. The van der Waals surface area contributed by atoms with Crippen molar-refractivity contribution in [2.45, 2.75) is 18.6 Å². The van der Waals surface area contributed by atoms with E-state index in [1.807, 2.05) is 0 Å². The topological polar surface area (TPSA) is 58.4 Å². The van der Waals surface area contributed by atoms with Crippen LogP contribution in [-0.2, 0) is 6.18 Å². The summed E-state index contributed by atoms with van der Waals surface area (Å²) in [5, 5.41) is 14.1. The Kier molecular flexibility index (Phi) is 3.85. The number of alkyl halides is 3. The second-order valence-electron chi connectivity index (χ2n) is 4.72. The van der Waals surface area contributed by atoms with E-state index in [9.17, 15) is 23.3 Å². The molecule has 0 saturated carbocycles. The van der Waals surface area contributed by atoms with Crippen LogP contribution in [0.25, 0.3) is 0 Å². The number of nitro groups is 1. The summed E-state index contributed by atoms with van der Waals surface area (Å²) in [4.78, 5) is 11.9. The number of nitrogens with zero attached hydrogens (tertiary/aromatic N) is 2. The molecule has 110 valence electrons. The third-order valence-corrected chi connectivity index (χ3v) is 3.46. The van der Waals surface area contributed by atoms with Crippen molar-refractivity contribution in [3.63, 3.8) is 0 Å². The zero-order chi connectivity index (χ0) is 14.9. The molecule has 1 N–H and O–H groups in total. The van der Waals surface area contributed by atoms with Crippen molar-refractivity contribution in [2.24, 2.45) is 0 Å². The van der Waals surface area contributed by atoms with Gasteiger partial charge in [-0.3, -0.25) is 10.1 Å². The van der Waals surface area contributed by atoms with E-state index >= 15 is 0 Å². The first-order valence-electron chi connectivity index (χ1n) is 6.10. The molecular weight excluding hydrogens is 275 g/mol. The molecule has 0 bridgehead atoms. The summed E-state index contributed by atoms with van der Waals surface area (Å²) in [5.74, 6) is 0. The molecule has 0 spiro atoms. The van der Waals surface area contributed by atoms with E-state index in [0.29, 0.717) is 12.6 Å². The highest BCUT2D eigenvalue weighted by atomic mass is 19.4. The molecular formula is C12H14F3N3O2. The fourth-order valence-corrected chi connectivity index (χ4v) is 2.31. The molecule has 5 nitrogen and oxygen atoms in total. The van der Waals surface area contributed by atoms with Crippen molar-refractivity contribution in [1.82, 2.24) is 5.32 Å². The van der Waals surface area contributed by atoms with Crippen molar-refractivity contribution < 1.29 is 18.1 Å². The van der Waals surface area contributed by atoms with Crippen LogP contribution in [0.15, 0.2) is 18.2 Å². The average molecular weight is 289 g/mol. The highest BCUT2D eigenvalue weighted by Crippen LogP contribution is 2.36. The van der Waals surface area contributed by atoms with Gasteiger partial charge in [-0.25, -0.2) is 0 Å². The lowest BCUT2D eigenvalue weighted by Crippen LogP contribution is -2.33. The van der Waals surface area contributed by atoms with Crippen molar-refractivity contribution in [1.29, 1.82) is 0 Å². The molecule has 1 aromatic rings. The van der Waals surface area contributed by atoms with Gasteiger partial charge in [0.25, 0.3) is 5.69 Å². The molecule has 1 atom stereocenters. The molecule has 1 saturated heterocycles. The predicted octanol–water partition coefficient (Wildman–Crippen LogP) is 2.41. The Balaban J connectivity index is 2.39. The molecule has 1 aliphatic rings. The second kappa shape index (κ2) is 5.28. The quantitative estimate of drug-likeness (QED) is 0.686. The van der Waals surface area contributed by atoms with Crippen LogP contribution in [-0.4, -0.2) is 31.1 Å². The third kappa shape index (κ3) is 2.84. The number of hydrogen-bond donors (Lipinski definition) is 1. The van der Waals surface area contributed by atoms with Crippen molar-refractivity contribution >= 4 is 11.4 Å². The van der Waals surface area contributed by atoms with E-state index in [-0.39, 0.29) is 11.7 Å². The zero-order valence-corrected chi connectivity index (χ0v) is 10.8. The second-order valence-corrected chi connectivity index (χ2v) is 4.72. The van der Waals surface area contributed by atoms with Crippen molar-refractivity contribution in [3.8, 4) is 0 Å². The standard InChI is InChI=1S/C12H14F3N3O2/c1-17(9-4-5-16-7-9)10-3-2-8(12(13,14)15)6-11(10)18(19)20/h2-3,6,9,16H,4-5,7H2,1H3. The predicted molar refractivity (Wildman–Crippen MR) is 67.8 cm³/mol. The minimum Gasteiger partial charge on any atom is -0.365 e. The number of hydrogen-bond acceptors (Lipinski definition) is 4. The van der Waals surface area contributed by atoms with Crippen LogP contribution in [0.3, 0.4) is 0 Å². The Bertz CT molecular complexity index is 513. The molecule has 20 heavy (non-hydrogen) atoms. The lowest BCUT2D eigenvalue weighted by atomic mass is 10.1. The monoisotopic (exact) mass is 289 g/mol. The Morgan fingerprint density at radius 3 is 2.65 bits per heavy atom. The first-order valence-corrected chi connectivity index (χ1v) is 6.10. The van der Waals surface area contributed by atoms with E-state index in [1.165, 1.54) is 6.07 Å². The average Bonchev–Trinajstić information content (AvgIpc) is 2.89. The first kappa shape index (κ1) is 14.6. The van der Waals surface area contributed by atoms with Gasteiger partial charge in [-0.2, -0.15) is 13.2 Å². The number of benzene rings is 1. The van der Waals surface area contributed by atoms with Crippen molar-refractivity contribution in [3.05, 3.63) is 33.9 Å². The van der Waals surface area contributed by atoms with E-state index in [2.05, 4.69) is 5.32 Å². The Morgan fingerprint density at radius 1 is 1.45 bits per heavy atom. The highest BCUT2D eigenvalue weighted by molar-refractivity contribution is 5.65. The van der Waals surface area contributed by atoms with E-state index < -0.39 is 22.4 Å². The smallest absolute Gasteiger partial charge is 0.365 e. The normalized spacial score (nSPS) is 19.1. The number of nitrogens with one attached hydrogen (secondary N) is 1. The SMILES string of the molecule is CN(c1ccc(C(F)(F)F)cc1[N+](=O)[O-])C1CCNC1. The molecule has 1 aromatic carbocycles. The van der Waals surface area contributed by atoms with Gasteiger partial charge in [-0.05, 0) is 25.1 Å². The molecule has 0 amide bonds. The van der Waals surface area contributed by atoms with Crippen LogP contribution in [0.1, 0.15) is 12.0 Å². The van der Waals surface area contributed by atoms with Crippen LogP contribution in [0, 0.1) is 10.1 Å². The summed E-state index contributed by atoms with van der Waals surface area (Å²) in [6.07, 6.45) is -3.79. The van der Waals surface area contributed by atoms with Gasteiger partial charge in [0.2, 0.25) is 0 Å². The van der Waals surface area contributed by atoms with Crippen LogP contribution in [0.2, 0.25) is 0 Å². The Morgan fingerprint density at radius 2 is 2.15 bits per heavy atom. The van der Waals surface area contributed by atoms with E-state index in [0.717, 1.165) is 19.0 Å². The van der Waals surface area contributed by atoms with Gasteiger partial charge in [-0.15, -0.1) is 0 Å². The Hall–Kier alpha value is -1.83. The molecule has 0 aliphatic carbocycles. The summed E-state index contributed by atoms with van der Waals surface area (Å²) >= 11 is 0. The number of nitro benzene ring substituents is 1. The fraction of sp³-hybridized carbons (Fsp3) is 0.500. The van der Waals surface area contributed by atoms with Gasteiger partial charge in [-0.1, -0.05) is 0 Å². The molecule has 1 aliphatic heterocycles. The molecule has 8 heteroatoms. The fourth-order valence-electron chi connectivity index (χ4n) is 2.31. The maximum Gasteiger partial charge on any atom is 0.416 e. The highest BCUT2D eigenvalue weighted by Gasteiger charge is 2.34. The largest absolute Gasteiger partial charge is 0.416 e. The molecule has 1 heterocycles. The number of anilines is 1. The van der Waals surface area contributed by atoms with Gasteiger partial charge >= 0.3 is 6.18 Å². The van der Waals surface area contributed by atoms with Crippen LogP contribution in [0.5, 0.6) is 0 Å². The summed E-state index contributed by atoms with van der Waals surface area (Å²) in [6.45, 7) is 1.46. The minimum absolute atomic E-state index is 0.0467. The minimum atomic E-state index is -4.59. The third-order valence-electron chi connectivity index (χ3n) is 3.46. The summed E-state index contributed by atoms with van der Waals surface area (Å²) in [7, 11) is 1.66. The van der Waals surface area contributed by atoms with Gasteiger partial charge in [0.1, 0.15) is 5.69 Å². The number of halogens is 3. The van der Waals surface area contributed by atoms with Gasteiger partial charge < -0.3 is 10.2 Å². The van der Waals surface area contributed by atoms with E-state index in [1.54, 1.807) is 11.9 Å². The summed E-state index contributed by atoms with van der Waals surface area (Å²) in [5.41, 5.74) is -1.32. The van der Waals surface area contributed by atoms with Gasteiger partial charge in [0, 0.05) is 25.7 Å². The van der Waals surface area contributed by atoms with Crippen molar-refractivity contribution in [2.75, 3.05) is 25.0 Å². The first-order chi connectivity index (χ1) is 9.30. The lowest BCUT2D eigenvalue weighted by Gasteiger charge is -2.26. The van der Waals surface area contributed by atoms with Crippen LogP contribution >= 0.6 is 0 Å². The summed E-state index contributed by atoms with van der Waals surface area (Å²) in [6, 6.07) is 2.68. The lowest BCUT2D eigenvalue weighted by molar-refractivity contribution is -0.384. The van der Waals surface area contributed by atoms with Crippen LogP contribution < -0.4 is 10.2 Å². The zero-order valence-electron chi connectivity index (χ0n) is 10.8. The molecule has 0 aromatic heterocycles. The van der Waals surface area contributed by atoms with E-state index in [4.69, 9.17) is 0 Å². The number of likely N-dealkylation sites (N-methyl/N-ethyl adjacent to an activating group) is 1.